The van der Waals surface area contributed by atoms with E-state index in [0.29, 0.717) is 16.4 Å². The quantitative estimate of drug-likeness (QED) is 0.848. The molecule has 1 N–H and O–H groups in total. The zero-order chi connectivity index (χ0) is 11.9. The minimum Gasteiger partial charge on any atom is -0.277 e. The predicted molar refractivity (Wildman–Crippen MR) is 58.2 cm³/mol. The number of alkyl halides is 3. The zero-order valence-electron chi connectivity index (χ0n) is 8.32. The normalized spacial score (nSPS) is 12.3. The molecular formula is C10H8BrF3N2. The first kappa shape index (κ1) is 11.4. The minimum atomic E-state index is -4.36. The maximum absolute atomic E-state index is 12.7. The third kappa shape index (κ3) is 1.71. The van der Waals surface area contributed by atoms with Gasteiger partial charge in [0.2, 0.25) is 0 Å². The van der Waals surface area contributed by atoms with Crippen molar-refractivity contribution < 1.29 is 13.2 Å². The number of aromatic nitrogens is 2. The van der Waals surface area contributed by atoms with Crippen LogP contribution in [0.1, 0.15) is 18.1 Å². The number of nitrogens with one attached hydrogen (secondary N) is 1. The summed E-state index contributed by atoms with van der Waals surface area (Å²) in [6.07, 6.45) is -2.52. The van der Waals surface area contributed by atoms with Crippen molar-refractivity contribution in [3.8, 4) is 0 Å². The molecule has 2 rings (SSSR count). The molecule has 0 amide bonds. The number of hydrogen-bond donors (Lipinski definition) is 1. The average molecular weight is 293 g/mol. The van der Waals surface area contributed by atoms with Crippen LogP contribution in [0.15, 0.2) is 16.7 Å². The van der Waals surface area contributed by atoms with Gasteiger partial charge in [-0.3, -0.25) is 5.10 Å². The van der Waals surface area contributed by atoms with E-state index in [0.717, 1.165) is 11.6 Å². The Balaban J connectivity index is 2.83. The van der Waals surface area contributed by atoms with Gasteiger partial charge in [-0.15, -0.1) is 0 Å². The Labute approximate surface area is 98.0 Å². The molecule has 1 aromatic heterocycles. The smallest absolute Gasteiger partial charge is 0.277 e. The number of benzene rings is 1. The van der Waals surface area contributed by atoms with Crippen molar-refractivity contribution in [3.63, 3.8) is 0 Å². The summed E-state index contributed by atoms with van der Waals surface area (Å²) in [4.78, 5) is 0. The van der Waals surface area contributed by atoms with Crippen LogP contribution in [0.4, 0.5) is 13.2 Å². The van der Waals surface area contributed by atoms with Crippen LogP contribution in [0.5, 0.6) is 0 Å². The van der Waals surface area contributed by atoms with Gasteiger partial charge in [0.05, 0.1) is 17.3 Å². The average Bonchev–Trinajstić information content (AvgIpc) is 2.63. The molecule has 2 nitrogen and oxygen atoms in total. The van der Waals surface area contributed by atoms with E-state index in [9.17, 15) is 13.2 Å². The molecule has 0 aliphatic carbocycles. The number of H-pyrrole nitrogens is 1. The lowest BCUT2D eigenvalue weighted by molar-refractivity contribution is -0.136. The van der Waals surface area contributed by atoms with Gasteiger partial charge in [-0.05, 0) is 18.1 Å². The van der Waals surface area contributed by atoms with Gasteiger partial charge in [0, 0.05) is 9.86 Å². The summed E-state index contributed by atoms with van der Waals surface area (Å²) in [5, 5.41) is 6.41. The summed E-state index contributed by atoms with van der Waals surface area (Å²) in [5.41, 5.74) is 0.588. The fourth-order valence-electron chi connectivity index (χ4n) is 1.71. The molecule has 1 heterocycles. The number of fused-ring (bicyclic) bond motifs is 1. The summed E-state index contributed by atoms with van der Waals surface area (Å²) in [7, 11) is 0. The molecule has 6 heteroatoms. The van der Waals surface area contributed by atoms with Crippen molar-refractivity contribution in [2.24, 2.45) is 0 Å². The molecule has 0 spiro atoms. The lowest BCUT2D eigenvalue weighted by Gasteiger charge is -2.11. The monoisotopic (exact) mass is 292 g/mol. The Morgan fingerprint density at radius 1 is 1.44 bits per heavy atom. The minimum absolute atomic E-state index is 0.118. The SMILES string of the molecule is CCc1c(Br)cc(C(F)(F)F)c2cn[nH]c12. The van der Waals surface area contributed by atoms with Crippen molar-refractivity contribution >= 4 is 26.8 Å². The van der Waals surface area contributed by atoms with Crippen molar-refractivity contribution in [1.82, 2.24) is 10.2 Å². The van der Waals surface area contributed by atoms with Crippen molar-refractivity contribution in [3.05, 3.63) is 27.9 Å². The number of nitrogens with zero attached hydrogens (tertiary/aromatic N) is 1. The van der Waals surface area contributed by atoms with E-state index in [2.05, 4.69) is 26.1 Å². The molecule has 0 saturated carbocycles. The number of aromatic amines is 1. The van der Waals surface area contributed by atoms with E-state index in [1.165, 1.54) is 6.20 Å². The molecular weight excluding hydrogens is 285 g/mol. The summed E-state index contributed by atoms with van der Waals surface area (Å²) >= 11 is 3.16. The molecule has 0 aliphatic rings. The number of halogens is 4. The molecule has 86 valence electrons. The fraction of sp³-hybridized carbons (Fsp3) is 0.300. The van der Waals surface area contributed by atoms with Gasteiger partial charge in [-0.2, -0.15) is 18.3 Å². The second kappa shape index (κ2) is 3.76. The van der Waals surface area contributed by atoms with Crippen LogP contribution < -0.4 is 0 Å². The highest BCUT2D eigenvalue weighted by Crippen LogP contribution is 2.38. The summed E-state index contributed by atoms with van der Waals surface area (Å²) in [5.74, 6) is 0. The van der Waals surface area contributed by atoms with Crippen LogP contribution in [-0.2, 0) is 12.6 Å². The third-order valence-corrected chi connectivity index (χ3v) is 3.16. The summed E-state index contributed by atoms with van der Waals surface area (Å²) < 4.78 is 38.7. The molecule has 2 aromatic rings. The lowest BCUT2D eigenvalue weighted by atomic mass is 10.0. The number of aryl methyl sites for hydroxylation is 1. The highest BCUT2D eigenvalue weighted by Gasteiger charge is 2.34. The van der Waals surface area contributed by atoms with E-state index in [1.54, 1.807) is 0 Å². The largest absolute Gasteiger partial charge is 0.417 e. The Hall–Kier alpha value is -1.04. The Morgan fingerprint density at radius 2 is 2.12 bits per heavy atom. The van der Waals surface area contributed by atoms with E-state index in [4.69, 9.17) is 0 Å². The van der Waals surface area contributed by atoms with Gasteiger partial charge >= 0.3 is 6.18 Å². The van der Waals surface area contributed by atoms with Gasteiger partial charge in [0.15, 0.2) is 0 Å². The molecule has 1 aromatic carbocycles. The topological polar surface area (TPSA) is 28.7 Å². The third-order valence-electron chi connectivity index (χ3n) is 2.45. The highest BCUT2D eigenvalue weighted by molar-refractivity contribution is 9.10. The summed E-state index contributed by atoms with van der Waals surface area (Å²) in [6, 6.07) is 1.11. The van der Waals surface area contributed by atoms with E-state index >= 15 is 0 Å². The summed E-state index contributed by atoms with van der Waals surface area (Å²) in [6.45, 7) is 1.88. The van der Waals surface area contributed by atoms with Crippen LogP contribution in [0.2, 0.25) is 0 Å². The van der Waals surface area contributed by atoms with Crippen LogP contribution >= 0.6 is 15.9 Å². The first-order valence-electron chi connectivity index (χ1n) is 4.66. The second-order valence-corrected chi connectivity index (χ2v) is 4.25. The molecule has 16 heavy (non-hydrogen) atoms. The first-order chi connectivity index (χ1) is 7.45. The van der Waals surface area contributed by atoms with Gasteiger partial charge in [0.25, 0.3) is 0 Å². The van der Waals surface area contributed by atoms with Crippen LogP contribution in [0.25, 0.3) is 10.9 Å². The van der Waals surface area contributed by atoms with Crippen molar-refractivity contribution in [2.45, 2.75) is 19.5 Å². The molecule has 0 unspecified atom stereocenters. The molecule has 0 bridgehead atoms. The number of rotatable bonds is 1. The van der Waals surface area contributed by atoms with E-state index in [-0.39, 0.29) is 5.39 Å². The maximum Gasteiger partial charge on any atom is 0.417 e. The van der Waals surface area contributed by atoms with Gasteiger partial charge < -0.3 is 0 Å². The standard InChI is InChI=1S/C10H8BrF3N2/c1-2-5-8(11)3-7(10(12,13)14)6-4-15-16-9(5)6/h3-4H,2H2,1H3,(H,15,16). The van der Waals surface area contributed by atoms with Crippen LogP contribution in [-0.4, -0.2) is 10.2 Å². The van der Waals surface area contributed by atoms with E-state index in [1.807, 2.05) is 6.92 Å². The van der Waals surface area contributed by atoms with Gasteiger partial charge in [-0.1, -0.05) is 22.9 Å². The molecule has 0 fully saturated rings. The molecule has 0 saturated heterocycles. The maximum atomic E-state index is 12.7. The van der Waals surface area contributed by atoms with Crippen LogP contribution in [0.3, 0.4) is 0 Å². The Morgan fingerprint density at radius 3 is 2.69 bits per heavy atom. The first-order valence-corrected chi connectivity index (χ1v) is 5.46. The van der Waals surface area contributed by atoms with Crippen LogP contribution in [0, 0.1) is 0 Å². The van der Waals surface area contributed by atoms with Gasteiger partial charge in [0.1, 0.15) is 0 Å². The molecule has 0 aliphatic heterocycles. The number of hydrogen-bond acceptors (Lipinski definition) is 1. The predicted octanol–water partition coefficient (Wildman–Crippen LogP) is 3.91. The van der Waals surface area contributed by atoms with Crippen molar-refractivity contribution in [1.29, 1.82) is 0 Å². The second-order valence-electron chi connectivity index (χ2n) is 3.39. The molecule has 0 radical (unpaired) electrons. The van der Waals surface area contributed by atoms with Gasteiger partial charge in [-0.25, -0.2) is 0 Å². The van der Waals surface area contributed by atoms with E-state index < -0.39 is 11.7 Å². The zero-order valence-corrected chi connectivity index (χ0v) is 9.91. The van der Waals surface area contributed by atoms with Crippen molar-refractivity contribution in [2.75, 3.05) is 0 Å². The highest BCUT2D eigenvalue weighted by atomic mass is 79.9. The lowest BCUT2D eigenvalue weighted by Crippen LogP contribution is -2.06. The Bertz CT molecular complexity index is 531. The Kier molecular flexibility index (Phi) is 2.69. The fourth-order valence-corrected chi connectivity index (χ4v) is 2.42. The molecule has 0 atom stereocenters.